The summed E-state index contributed by atoms with van der Waals surface area (Å²) in [4.78, 5) is 3.26. The van der Waals surface area contributed by atoms with Crippen molar-refractivity contribution in [3.63, 3.8) is 0 Å². The fourth-order valence-corrected chi connectivity index (χ4v) is 1.10. The summed E-state index contributed by atoms with van der Waals surface area (Å²) in [6.07, 6.45) is 0.866. The molecule has 1 aromatic rings. The largest absolute Gasteiger partial charge is 0.435 e. The smallest absolute Gasteiger partial charge is 0.293 e. The quantitative estimate of drug-likeness (QED) is 0.643. The second-order valence-electron chi connectivity index (χ2n) is 1.38. The summed E-state index contributed by atoms with van der Waals surface area (Å²) in [5.74, 6) is 0. The fraction of sp³-hybridized carbons (Fsp3) is 0. The van der Waals surface area contributed by atoms with E-state index in [2.05, 4.69) is 9.40 Å². The van der Waals surface area contributed by atoms with Gasteiger partial charge in [0, 0.05) is 10.7 Å². The van der Waals surface area contributed by atoms with Gasteiger partial charge in [0.1, 0.15) is 6.26 Å². The van der Waals surface area contributed by atoms with Crippen molar-refractivity contribution in [3.05, 3.63) is 11.6 Å². The van der Waals surface area contributed by atoms with Crippen molar-refractivity contribution in [2.75, 3.05) is 0 Å². The summed E-state index contributed by atoms with van der Waals surface area (Å²) >= 11 is 5.17. The van der Waals surface area contributed by atoms with Crippen LogP contribution in [0.2, 0.25) is 5.35 Å². The van der Waals surface area contributed by atoms with Gasteiger partial charge in [0.05, 0.1) is 0 Å². The van der Waals surface area contributed by atoms with E-state index in [-0.39, 0.29) is 10.4 Å². The van der Waals surface area contributed by atoms with Crippen molar-refractivity contribution in [2.45, 2.75) is 5.03 Å². The summed E-state index contributed by atoms with van der Waals surface area (Å²) in [5.41, 5.74) is 0. The molecule has 4 nitrogen and oxygen atoms in total. The number of hydrogen-bond acceptors (Lipinski definition) is 4. The minimum atomic E-state index is -3.80. The zero-order valence-electron chi connectivity index (χ0n) is 4.41. The molecule has 1 heterocycles. The van der Waals surface area contributed by atoms with Gasteiger partial charge in [0.2, 0.25) is 5.03 Å². The average molecular weight is 202 g/mol. The molecule has 7 heteroatoms. The molecule has 1 rings (SSSR count). The number of hydrogen-bond donors (Lipinski definition) is 0. The number of halogens is 2. The van der Waals surface area contributed by atoms with Gasteiger partial charge in [-0.2, -0.15) is 4.98 Å². The Hall–Kier alpha value is -0.260. The average Bonchev–Trinajstić information content (AvgIpc) is 2.11. The molecule has 0 atom stereocenters. The predicted molar refractivity (Wildman–Crippen MR) is 34.6 cm³/mol. The van der Waals surface area contributed by atoms with Gasteiger partial charge in [0.15, 0.2) is 0 Å². The molecule has 0 saturated heterocycles. The van der Waals surface area contributed by atoms with E-state index in [9.17, 15) is 8.42 Å². The summed E-state index contributed by atoms with van der Waals surface area (Å²) in [5, 5.41) is -0.626. The Morgan fingerprint density at radius 2 is 2.20 bits per heavy atom. The molecule has 0 aliphatic rings. The van der Waals surface area contributed by atoms with Crippen molar-refractivity contribution in [3.8, 4) is 0 Å². The standard InChI is InChI=1S/C3HCl2NO3S/c4-3-6-2(1-9-3)10(5,7)8/h1H. The van der Waals surface area contributed by atoms with Gasteiger partial charge in [-0.25, -0.2) is 8.42 Å². The van der Waals surface area contributed by atoms with Crippen LogP contribution in [0.1, 0.15) is 0 Å². The lowest BCUT2D eigenvalue weighted by Gasteiger charge is -1.80. The van der Waals surface area contributed by atoms with E-state index in [1.54, 1.807) is 0 Å². The fourth-order valence-electron chi connectivity index (χ4n) is 0.350. The number of nitrogens with zero attached hydrogens (tertiary/aromatic N) is 1. The second kappa shape index (κ2) is 2.41. The number of aromatic nitrogens is 1. The van der Waals surface area contributed by atoms with Crippen LogP contribution in [-0.4, -0.2) is 13.4 Å². The molecule has 0 unspecified atom stereocenters. The number of rotatable bonds is 1. The van der Waals surface area contributed by atoms with Gasteiger partial charge in [0.25, 0.3) is 14.4 Å². The zero-order chi connectivity index (χ0) is 7.78. The zero-order valence-corrected chi connectivity index (χ0v) is 6.74. The van der Waals surface area contributed by atoms with Gasteiger partial charge >= 0.3 is 0 Å². The van der Waals surface area contributed by atoms with Crippen LogP contribution in [0.4, 0.5) is 0 Å². The highest BCUT2D eigenvalue weighted by molar-refractivity contribution is 8.13. The molecule has 0 fully saturated rings. The molecule has 0 N–H and O–H groups in total. The van der Waals surface area contributed by atoms with Crippen molar-refractivity contribution < 1.29 is 12.8 Å². The summed E-state index contributed by atoms with van der Waals surface area (Å²) < 4.78 is 25.2. The van der Waals surface area contributed by atoms with E-state index in [1.165, 1.54) is 0 Å². The first kappa shape index (κ1) is 7.84. The Morgan fingerprint density at radius 3 is 2.40 bits per heavy atom. The molecule has 1 aromatic heterocycles. The molecule has 0 aliphatic carbocycles. The van der Waals surface area contributed by atoms with E-state index in [0.29, 0.717) is 0 Å². The predicted octanol–water partition coefficient (Wildman–Crippen LogP) is 1.26. The van der Waals surface area contributed by atoms with Crippen LogP contribution >= 0.6 is 22.3 Å². The Bertz CT molecular complexity index is 329. The minimum absolute atomic E-state index is 0.251. The monoisotopic (exact) mass is 201 g/mol. The van der Waals surface area contributed by atoms with E-state index in [4.69, 9.17) is 22.3 Å². The van der Waals surface area contributed by atoms with E-state index in [0.717, 1.165) is 6.26 Å². The topological polar surface area (TPSA) is 60.2 Å². The van der Waals surface area contributed by atoms with Gasteiger partial charge in [-0.1, -0.05) is 0 Å². The third kappa shape index (κ3) is 1.62. The van der Waals surface area contributed by atoms with Crippen LogP contribution in [0.3, 0.4) is 0 Å². The van der Waals surface area contributed by atoms with Crippen molar-refractivity contribution >= 4 is 31.3 Å². The normalized spacial score (nSPS) is 11.8. The molecule has 0 saturated carbocycles. The van der Waals surface area contributed by atoms with Gasteiger partial charge < -0.3 is 4.42 Å². The van der Waals surface area contributed by atoms with E-state index < -0.39 is 9.05 Å². The minimum Gasteiger partial charge on any atom is -0.435 e. The molecule has 0 radical (unpaired) electrons. The SMILES string of the molecule is O=S(=O)(Cl)c1coc(Cl)n1. The van der Waals surface area contributed by atoms with Crippen LogP contribution in [0, 0.1) is 0 Å². The van der Waals surface area contributed by atoms with Gasteiger partial charge in [-0.05, 0) is 11.6 Å². The second-order valence-corrected chi connectivity index (χ2v) is 4.21. The Kier molecular flexibility index (Phi) is 1.89. The Balaban J connectivity index is 3.21. The molecule has 10 heavy (non-hydrogen) atoms. The molecule has 0 aliphatic heterocycles. The molecule has 0 amide bonds. The molecular formula is C3HCl2NO3S. The van der Waals surface area contributed by atoms with Gasteiger partial charge in [-0.15, -0.1) is 0 Å². The molecule has 0 aromatic carbocycles. The first-order chi connectivity index (χ1) is 4.50. The molecule has 0 spiro atoms. The lowest BCUT2D eigenvalue weighted by Crippen LogP contribution is -1.88. The van der Waals surface area contributed by atoms with Gasteiger partial charge in [-0.3, -0.25) is 0 Å². The first-order valence-corrected chi connectivity index (χ1v) is 4.74. The molecule has 56 valence electrons. The highest BCUT2D eigenvalue weighted by Gasteiger charge is 2.14. The molecule has 0 bridgehead atoms. The third-order valence-corrected chi connectivity index (χ3v) is 2.04. The third-order valence-electron chi connectivity index (χ3n) is 0.705. The summed E-state index contributed by atoms with van der Waals surface area (Å²) in [7, 11) is 1.06. The van der Waals surface area contributed by atoms with E-state index in [1.807, 2.05) is 0 Å². The summed E-state index contributed by atoms with van der Waals surface area (Å²) in [6, 6.07) is 0. The number of oxazole rings is 1. The van der Waals surface area contributed by atoms with Crippen LogP contribution in [0.25, 0.3) is 0 Å². The highest BCUT2D eigenvalue weighted by atomic mass is 35.7. The van der Waals surface area contributed by atoms with Crippen LogP contribution in [-0.2, 0) is 9.05 Å². The van der Waals surface area contributed by atoms with Crippen LogP contribution < -0.4 is 0 Å². The molecular weight excluding hydrogens is 201 g/mol. The van der Waals surface area contributed by atoms with Crippen molar-refractivity contribution in [1.82, 2.24) is 4.98 Å². The lowest BCUT2D eigenvalue weighted by atomic mass is 11.0. The lowest BCUT2D eigenvalue weighted by molar-refractivity contribution is 0.555. The Morgan fingerprint density at radius 1 is 1.60 bits per heavy atom. The maximum atomic E-state index is 10.4. The highest BCUT2D eigenvalue weighted by Crippen LogP contribution is 2.15. The first-order valence-electron chi connectivity index (χ1n) is 2.06. The van der Waals surface area contributed by atoms with Crippen molar-refractivity contribution in [2.24, 2.45) is 0 Å². The van der Waals surface area contributed by atoms with E-state index >= 15 is 0 Å². The Labute approximate surface area is 66.2 Å². The summed E-state index contributed by atoms with van der Waals surface area (Å²) in [6.45, 7) is 0. The van der Waals surface area contributed by atoms with Crippen molar-refractivity contribution in [1.29, 1.82) is 0 Å². The maximum absolute atomic E-state index is 10.4. The maximum Gasteiger partial charge on any atom is 0.293 e. The van der Waals surface area contributed by atoms with Crippen LogP contribution in [0.15, 0.2) is 15.7 Å². The van der Waals surface area contributed by atoms with Crippen LogP contribution in [0.5, 0.6) is 0 Å².